The summed E-state index contributed by atoms with van der Waals surface area (Å²) in [5, 5.41) is 54.7. The maximum absolute atomic E-state index is 14.4. The molecule has 12 heterocycles. The van der Waals surface area contributed by atoms with E-state index in [2.05, 4.69) is 49.6 Å². The predicted molar refractivity (Wildman–Crippen MR) is 267 cm³/mol. The molecule has 0 aromatic heterocycles. The molecule has 0 aliphatic carbocycles. The first kappa shape index (κ1) is 55.5. The maximum Gasteiger partial charge on any atom is 0.308 e. The molecule has 0 aromatic carbocycles. The van der Waals surface area contributed by atoms with Gasteiger partial charge in [-0.2, -0.15) is 0 Å². The summed E-state index contributed by atoms with van der Waals surface area (Å²) in [5.41, 5.74) is 1.89. The first-order chi connectivity index (χ1) is 36.5. The highest BCUT2D eigenvalue weighted by molar-refractivity contribution is 14.1. The largest absolute Gasteiger partial charge is 0.459 e. The van der Waals surface area contributed by atoms with Gasteiger partial charge in [0.05, 0.1) is 65.3 Å². The van der Waals surface area contributed by atoms with E-state index in [4.69, 9.17) is 71.7 Å². The summed E-state index contributed by atoms with van der Waals surface area (Å²) in [6.45, 7) is 13.0. The summed E-state index contributed by atoms with van der Waals surface area (Å²) < 4.78 is 72.6. The molecule has 21 nitrogen and oxygen atoms in total. The molecule has 2 unspecified atom stereocenters. The molecular formula is C54H79IO21. The molecule has 27 atom stereocenters. The highest BCUT2D eigenvalue weighted by Crippen LogP contribution is 2.53. The van der Waals surface area contributed by atoms with Gasteiger partial charge in [-0.1, -0.05) is 56.0 Å². The van der Waals surface area contributed by atoms with Crippen molar-refractivity contribution in [2.24, 2.45) is 11.8 Å². The number of fused-ring (bicyclic) bond motifs is 13. The molecule has 12 fully saturated rings. The fourth-order valence-electron chi connectivity index (χ4n) is 14.5. The highest BCUT2D eigenvalue weighted by Gasteiger charge is 2.72. The van der Waals surface area contributed by atoms with Crippen LogP contribution in [0.1, 0.15) is 129 Å². The van der Waals surface area contributed by atoms with Gasteiger partial charge in [-0.25, -0.2) is 19.6 Å². The number of hydrogen-bond donors (Lipinski definition) is 5. The van der Waals surface area contributed by atoms with Crippen molar-refractivity contribution in [2.45, 2.75) is 286 Å². The number of ether oxygens (including phenoxy) is 11. The lowest BCUT2D eigenvalue weighted by molar-refractivity contribution is -0.489. The number of halogens is 1. The number of aliphatic hydroxyl groups excluding tert-OH is 3. The van der Waals surface area contributed by atoms with E-state index in [-0.39, 0.29) is 68.5 Å². The van der Waals surface area contributed by atoms with E-state index >= 15 is 0 Å². The Morgan fingerprint density at radius 2 is 1.38 bits per heavy atom. The summed E-state index contributed by atoms with van der Waals surface area (Å²) in [6, 6.07) is 0. The average Bonchev–Trinajstić information content (AvgIpc) is 4.04. The van der Waals surface area contributed by atoms with Gasteiger partial charge in [0.25, 0.3) is 0 Å². The zero-order valence-electron chi connectivity index (χ0n) is 43.5. The third-order valence-electron chi connectivity index (χ3n) is 18.8. The monoisotopic (exact) mass is 1190 g/mol. The minimum absolute atomic E-state index is 0.0733. The molecule has 0 aromatic rings. The van der Waals surface area contributed by atoms with E-state index in [0.717, 1.165) is 30.4 Å². The Kier molecular flexibility index (Phi) is 16.5. The van der Waals surface area contributed by atoms with Crippen LogP contribution in [0, 0.1) is 11.8 Å². The smallest absolute Gasteiger partial charge is 0.308 e. The van der Waals surface area contributed by atoms with Gasteiger partial charge in [0.2, 0.25) is 17.9 Å². The Labute approximate surface area is 457 Å². The number of rotatable bonds is 3. The number of carbonyl (C=O) groups excluding carboxylic acids is 1. The second kappa shape index (κ2) is 22.6. The summed E-state index contributed by atoms with van der Waals surface area (Å²) in [7, 11) is 0. The van der Waals surface area contributed by atoms with Gasteiger partial charge in [-0.05, 0) is 100 Å². The Morgan fingerprint density at radius 3 is 2.22 bits per heavy atom. The standard InChI is InChI=1S/C54H79IO21/c1-24-6-5-7-33-34(73-75-41-22-38(68-45(24)41)31(57)15-17-56)12-13-36-51(76-74-33)70-50-42(65-36)23-39-40(69-50)21-37-27(4)25(2)18-28(63-37)8-10-32-26(3)19-30(62-32)14-16-53-52(59)54(60,61)49(72-53)48-44(55)47(71-53)46-35(67-48)11-9-29(64-46)20-43(58)66-39/h24-25,28-42,44-52,56-57,59-61H,3-23H2,1-2H3/t24-,25+,28-,29+,30-,31-,32-,33-,34-,35-,36+,37+,38-,39+,40-,41-,42?,44-,45-,46-,47+,48+,49?,50-,51-,52-,53+/m0/s1. The molecule has 1 spiro atoms. The molecule has 76 heavy (non-hydrogen) atoms. The molecule has 5 N–H and O–H groups in total. The van der Waals surface area contributed by atoms with Crippen molar-refractivity contribution in [3.63, 3.8) is 0 Å². The van der Waals surface area contributed by atoms with Crippen LogP contribution in [0.15, 0.2) is 24.3 Å². The zero-order valence-corrected chi connectivity index (χ0v) is 45.7. The molecular weight excluding hydrogens is 1110 g/mol. The SMILES string of the molecule is C=C1C[C@@H]2CC[C@]34OC([C@@H]5O[C@H]6CC[C@H](CC(=O)O[C@@H]7CC8O[C@@H]9CC[C@@H]%10OO[C@H]%11C[C@@H]([C@@H](O)CCO)O[C@H]%11[C@@H](C)CCC[C@@H]%10OO[C@@H]9O[C@@H]8O[C@H]7C[C@H]7O[C@@H](CC[C@@H]1O2)C[C@@H](C)C7=C)O[C@@H]6[C@H](O3)[C@@H]5I)C(O)(O)[C@H]4O. The molecule has 12 aliphatic heterocycles. The third-order valence-corrected chi connectivity index (χ3v) is 20.3. The van der Waals surface area contributed by atoms with Crippen molar-refractivity contribution in [1.29, 1.82) is 0 Å². The molecule has 12 aliphatic rings. The van der Waals surface area contributed by atoms with Gasteiger partial charge in [0.15, 0.2) is 12.4 Å². The van der Waals surface area contributed by atoms with E-state index in [1.807, 2.05) is 0 Å². The topological polar surface area (TPSA) is 257 Å². The first-order valence-electron chi connectivity index (χ1n) is 28.4. The van der Waals surface area contributed by atoms with Crippen LogP contribution in [0.5, 0.6) is 0 Å². The van der Waals surface area contributed by atoms with Gasteiger partial charge >= 0.3 is 5.97 Å². The van der Waals surface area contributed by atoms with Crippen LogP contribution in [0.3, 0.4) is 0 Å². The van der Waals surface area contributed by atoms with Crippen molar-refractivity contribution in [2.75, 3.05) is 6.61 Å². The van der Waals surface area contributed by atoms with Crippen LogP contribution in [0.25, 0.3) is 0 Å². The van der Waals surface area contributed by atoms with Crippen LogP contribution in [-0.2, 0) is 76.5 Å². The summed E-state index contributed by atoms with van der Waals surface area (Å²) >= 11 is 2.19. The number of carbonyl (C=O) groups is 1. The van der Waals surface area contributed by atoms with Gasteiger partial charge in [-0.15, -0.1) is 0 Å². The van der Waals surface area contributed by atoms with E-state index in [9.17, 15) is 30.3 Å². The number of aliphatic hydroxyl groups is 5. The van der Waals surface area contributed by atoms with Crippen LogP contribution in [0.2, 0.25) is 0 Å². The average molecular weight is 1190 g/mol. The first-order valence-corrected chi connectivity index (χ1v) is 29.6. The quantitative estimate of drug-likeness (QED) is 0.0674. The minimum Gasteiger partial charge on any atom is -0.459 e. The Morgan fingerprint density at radius 1 is 0.632 bits per heavy atom. The predicted octanol–water partition coefficient (Wildman–Crippen LogP) is 3.71. The molecule has 0 saturated carbocycles. The number of hydrogen-bond acceptors (Lipinski definition) is 21. The van der Waals surface area contributed by atoms with Crippen LogP contribution in [-0.4, -0.2) is 194 Å². The maximum atomic E-state index is 14.4. The molecule has 10 bridgehead atoms. The Balaban J connectivity index is 0.768. The fraction of sp³-hybridized carbons (Fsp3) is 0.907. The van der Waals surface area contributed by atoms with Crippen LogP contribution >= 0.6 is 22.6 Å². The second-order valence-electron chi connectivity index (χ2n) is 24.1. The van der Waals surface area contributed by atoms with Crippen molar-refractivity contribution in [1.82, 2.24) is 0 Å². The minimum atomic E-state index is -2.65. The van der Waals surface area contributed by atoms with E-state index in [1.54, 1.807) is 0 Å². The second-order valence-corrected chi connectivity index (χ2v) is 25.5. The van der Waals surface area contributed by atoms with Gasteiger partial charge in [-0.3, -0.25) is 4.79 Å². The van der Waals surface area contributed by atoms with Gasteiger partial charge in [0.1, 0.15) is 67.1 Å². The molecule has 0 radical (unpaired) electrons. The van der Waals surface area contributed by atoms with Gasteiger partial charge in [0, 0.05) is 32.3 Å². The summed E-state index contributed by atoms with van der Waals surface area (Å²) in [5.74, 6) is -4.68. The molecule has 428 valence electrons. The molecule has 0 amide bonds. The zero-order chi connectivity index (χ0) is 52.8. The normalized spacial score (nSPS) is 52.2. The van der Waals surface area contributed by atoms with E-state index < -0.39 is 138 Å². The van der Waals surface area contributed by atoms with Crippen molar-refractivity contribution in [3.8, 4) is 0 Å². The third kappa shape index (κ3) is 10.8. The van der Waals surface area contributed by atoms with Crippen molar-refractivity contribution < 1.29 is 102 Å². The molecule has 12 rings (SSSR count). The summed E-state index contributed by atoms with van der Waals surface area (Å²) in [6.07, 6.45) is -6.39. The fourth-order valence-corrected chi connectivity index (χ4v) is 15.6. The van der Waals surface area contributed by atoms with Crippen LogP contribution < -0.4 is 0 Å². The van der Waals surface area contributed by atoms with E-state index in [0.29, 0.717) is 70.6 Å². The van der Waals surface area contributed by atoms with Gasteiger partial charge < -0.3 is 77.6 Å². The van der Waals surface area contributed by atoms with Crippen LogP contribution in [0.4, 0.5) is 0 Å². The summed E-state index contributed by atoms with van der Waals surface area (Å²) in [4.78, 5) is 39.0. The number of alkyl halides is 1. The van der Waals surface area contributed by atoms with Crippen molar-refractivity contribution >= 4 is 28.6 Å². The Bertz CT molecular complexity index is 2090. The lowest BCUT2D eigenvalue weighted by Gasteiger charge is -2.51. The molecule has 12 saturated heterocycles. The Hall–Kier alpha value is -1.08. The number of esters is 1. The van der Waals surface area contributed by atoms with E-state index in [1.165, 1.54) is 0 Å². The van der Waals surface area contributed by atoms with Crippen molar-refractivity contribution in [3.05, 3.63) is 24.3 Å². The highest BCUT2D eigenvalue weighted by atomic mass is 127. The lowest BCUT2D eigenvalue weighted by atomic mass is 9.84. The lowest BCUT2D eigenvalue weighted by Crippen LogP contribution is -2.68. The molecule has 22 heteroatoms.